The van der Waals surface area contributed by atoms with Gasteiger partial charge in [0.25, 0.3) is 0 Å². The average Bonchev–Trinajstić information content (AvgIpc) is 3.21. The topological polar surface area (TPSA) is 124 Å². The van der Waals surface area contributed by atoms with Crippen molar-refractivity contribution in [2.75, 3.05) is 6.26 Å². The molecule has 0 aromatic carbocycles. The van der Waals surface area contributed by atoms with Crippen LogP contribution in [0.15, 0.2) is 35.8 Å². The second-order valence-electron chi connectivity index (χ2n) is 8.50. The van der Waals surface area contributed by atoms with Crippen LogP contribution in [0.2, 0.25) is 0 Å². The standard InChI is InChI=1S/C23H35NO6S2/c1-16-17(13-14-31-16)9-10-18(25)11-12-20-19(21(26)15-22(20)27)7-5-3-4-6-8-23(28)24-32(2,29)30/h3,5,11-14,18-22,25-27H,4,6-10,15H2,1-2H3,(H,24,28)/b5-3-,12-11+/t18-,19+,20+,21-,22+/m0/s1. The van der Waals surface area contributed by atoms with E-state index < -0.39 is 34.2 Å². The third-order valence-electron chi connectivity index (χ3n) is 5.80. The number of unbranched alkanes of at least 4 members (excludes halogenated alkanes) is 1. The van der Waals surface area contributed by atoms with Gasteiger partial charge in [0.1, 0.15) is 0 Å². The second kappa shape index (κ2) is 12.6. The van der Waals surface area contributed by atoms with E-state index in [4.69, 9.17) is 0 Å². The molecule has 1 aromatic heterocycles. The summed E-state index contributed by atoms with van der Waals surface area (Å²) in [4.78, 5) is 12.7. The van der Waals surface area contributed by atoms with E-state index in [1.54, 1.807) is 17.4 Å². The minimum atomic E-state index is -3.52. The minimum Gasteiger partial charge on any atom is -0.393 e. The third kappa shape index (κ3) is 9.15. The molecule has 1 saturated carbocycles. The number of aryl methyl sites for hydroxylation is 2. The molecule has 0 saturated heterocycles. The highest BCUT2D eigenvalue weighted by atomic mass is 32.2. The zero-order valence-corrected chi connectivity index (χ0v) is 20.3. The van der Waals surface area contributed by atoms with Crippen LogP contribution in [-0.4, -0.2) is 54.2 Å². The van der Waals surface area contributed by atoms with Gasteiger partial charge in [0.2, 0.25) is 15.9 Å². The fourth-order valence-corrected chi connectivity index (χ4v) is 5.32. The molecule has 1 aliphatic rings. The summed E-state index contributed by atoms with van der Waals surface area (Å²) < 4.78 is 23.9. The Labute approximate surface area is 194 Å². The Kier molecular flexibility index (Phi) is 10.6. The summed E-state index contributed by atoms with van der Waals surface area (Å²) in [5.41, 5.74) is 1.25. The molecule has 0 spiro atoms. The number of thiophene rings is 1. The first kappa shape index (κ1) is 26.7. The van der Waals surface area contributed by atoms with E-state index in [1.807, 2.05) is 28.3 Å². The molecule has 1 aliphatic carbocycles. The molecule has 0 radical (unpaired) electrons. The fourth-order valence-electron chi connectivity index (χ4n) is 4.04. The molecular weight excluding hydrogens is 450 g/mol. The lowest BCUT2D eigenvalue weighted by atomic mass is 9.89. The van der Waals surface area contributed by atoms with E-state index in [0.717, 1.165) is 12.7 Å². The number of aliphatic hydroxyl groups is 3. The summed E-state index contributed by atoms with van der Waals surface area (Å²) in [7, 11) is -3.52. The molecule has 7 nitrogen and oxygen atoms in total. The van der Waals surface area contributed by atoms with Crippen LogP contribution in [0.25, 0.3) is 0 Å². The highest BCUT2D eigenvalue weighted by Crippen LogP contribution is 2.36. The van der Waals surface area contributed by atoms with Crippen LogP contribution in [0.3, 0.4) is 0 Å². The summed E-state index contributed by atoms with van der Waals surface area (Å²) >= 11 is 1.70. The molecular formula is C23H35NO6S2. The maximum Gasteiger partial charge on any atom is 0.233 e. The summed E-state index contributed by atoms with van der Waals surface area (Å²) in [5, 5.41) is 33.0. The molecule has 9 heteroatoms. The molecule has 1 aromatic rings. The lowest BCUT2D eigenvalue weighted by Crippen LogP contribution is -2.28. The minimum absolute atomic E-state index is 0.121. The first-order valence-electron chi connectivity index (χ1n) is 11.0. The largest absolute Gasteiger partial charge is 0.393 e. The molecule has 1 fully saturated rings. The van der Waals surface area contributed by atoms with Crippen molar-refractivity contribution < 1.29 is 28.5 Å². The molecule has 4 N–H and O–H groups in total. The number of carbonyl (C=O) groups excluding carboxylic acids is 1. The van der Waals surface area contributed by atoms with Crippen molar-refractivity contribution in [2.45, 2.75) is 70.2 Å². The van der Waals surface area contributed by atoms with Gasteiger partial charge in [0.05, 0.1) is 24.6 Å². The fraction of sp³-hybridized carbons (Fsp3) is 0.609. The summed E-state index contributed by atoms with van der Waals surface area (Å²) in [5.74, 6) is -0.891. The predicted molar refractivity (Wildman–Crippen MR) is 127 cm³/mol. The van der Waals surface area contributed by atoms with Crippen LogP contribution >= 0.6 is 11.3 Å². The molecule has 1 heterocycles. The van der Waals surface area contributed by atoms with Crippen molar-refractivity contribution in [3.8, 4) is 0 Å². The molecule has 5 atom stereocenters. The predicted octanol–water partition coefficient (Wildman–Crippen LogP) is 2.46. The number of amides is 1. The SMILES string of the molecule is Cc1sccc1CC[C@H](O)/C=C/[C@@H]1[C@@H](C/C=C\CCCC(=O)NS(C)(=O)=O)[C@@H](O)C[C@H]1O. The van der Waals surface area contributed by atoms with Crippen LogP contribution < -0.4 is 4.72 Å². The van der Waals surface area contributed by atoms with Crippen molar-refractivity contribution in [3.05, 3.63) is 46.2 Å². The summed E-state index contributed by atoms with van der Waals surface area (Å²) in [6, 6.07) is 2.08. The van der Waals surface area contributed by atoms with E-state index >= 15 is 0 Å². The summed E-state index contributed by atoms with van der Waals surface area (Å²) in [6.45, 7) is 2.07. The Hall–Kier alpha value is -1.52. The van der Waals surface area contributed by atoms with Crippen LogP contribution in [0, 0.1) is 18.8 Å². The number of allylic oxidation sites excluding steroid dienone is 2. The Bertz CT molecular complexity index is 892. The first-order valence-corrected chi connectivity index (χ1v) is 13.7. The zero-order chi connectivity index (χ0) is 23.7. The van der Waals surface area contributed by atoms with Gasteiger partial charge in [-0.25, -0.2) is 8.42 Å². The van der Waals surface area contributed by atoms with E-state index in [9.17, 15) is 28.5 Å². The molecule has 0 unspecified atom stereocenters. The van der Waals surface area contributed by atoms with E-state index in [1.165, 1.54) is 10.4 Å². The van der Waals surface area contributed by atoms with E-state index in [2.05, 4.69) is 13.0 Å². The van der Waals surface area contributed by atoms with Gasteiger partial charge in [-0.15, -0.1) is 11.3 Å². The van der Waals surface area contributed by atoms with E-state index in [-0.39, 0.29) is 18.3 Å². The van der Waals surface area contributed by atoms with Gasteiger partial charge in [-0.1, -0.05) is 24.3 Å². The Morgan fingerprint density at radius 1 is 1.31 bits per heavy atom. The zero-order valence-electron chi connectivity index (χ0n) is 18.7. The van der Waals surface area contributed by atoms with Gasteiger partial charge in [0, 0.05) is 23.6 Å². The van der Waals surface area contributed by atoms with Crippen molar-refractivity contribution in [3.63, 3.8) is 0 Å². The van der Waals surface area contributed by atoms with Gasteiger partial charge >= 0.3 is 0 Å². The molecule has 0 aliphatic heterocycles. The van der Waals surface area contributed by atoms with Crippen molar-refractivity contribution in [1.82, 2.24) is 4.72 Å². The van der Waals surface area contributed by atoms with Crippen LogP contribution in [0.5, 0.6) is 0 Å². The van der Waals surface area contributed by atoms with Crippen molar-refractivity contribution >= 4 is 27.3 Å². The average molecular weight is 486 g/mol. The highest BCUT2D eigenvalue weighted by molar-refractivity contribution is 7.89. The monoisotopic (exact) mass is 485 g/mol. The normalized spacial score (nSPS) is 25.0. The van der Waals surface area contributed by atoms with Gasteiger partial charge in [-0.2, -0.15) is 0 Å². The number of hydrogen-bond donors (Lipinski definition) is 4. The van der Waals surface area contributed by atoms with E-state index in [0.29, 0.717) is 32.1 Å². The van der Waals surface area contributed by atoms with Crippen LogP contribution in [0.1, 0.15) is 49.0 Å². The quantitative estimate of drug-likeness (QED) is 0.266. The van der Waals surface area contributed by atoms with Crippen molar-refractivity contribution in [2.24, 2.45) is 11.8 Å². The number of carbonyl (C=O) groups is 1. The maximum absolute atomic E-state index is 11.5. The smallest absolute Gasteiger partial charge is 0.233 e. The van der Waals surface area contributed by atoms with Crippen LogP contribution in [-0.2, 0) is 21.2 Å². The number of rotatable bonds is 12. The van der Waals surface area contributed by atoms with Crippen LogP contribution in [0.4, 0.5) is 0 Å². The molecule has 2 rings (SSSR count). The lowest BCUT2D eigenvalue weighted by Gasteiger charge is -2.19. The van der Waals surface area contributed by atoms with Gasteiger partial charge in [-0.05, 0) is 62.0 Å². The number of aliphatic hydroxyl groups excluding tert-OH is 3. The van der Waals surface area contributed by atoms with Gasteiger partial charge < -0.3 is 15.3 Å². The second-order valence-corrected chi connectivity index (χ2v) is 11.4. The lowest BCUT2D eigenvalue weighted by molar-refractivity contribution is -0.119. The number of hydrogen-bond acceptors (Lipinski definition) is 7. The Balaban J connectivity index is 1.78. The molecule has 0 bridgehead atoms. The van der Waals surface area contributed by atoms with Crippen molar-refractivity contribution in [1.29, 1.82) is 0 Å². The Morgan fingerprint density at radius 2 is 2.06 bits per heavy atom. The molecule has 32 heavy (non-hydrogen) atoms. The highest BCUT2D eigenvalue weighted by Gasteiger charge is 2.39. The first-order chi connectivity index (χ1) is 15.1. The number of nitrogens with one attached hydrogen (secondary N) is 1. The Morgan fingerprint density at radius 3 is 2.72 bits per heavy atom. The molecule has 180 valence electrons. The van der Waals surface area contributed by atoms with Gasteiger partial charge in [0.15, 0.2) is 0 Å². The maximum atomic E-state index is 11.5. The third-order valence-corrected chi connectivity index (χ3v) is 7.28. The van der Waals surface area contributed by atoms with Gasteiger partial charge in [-0.3, -0.25) is 9.52 Å². The molecule has 1 amide bonds. The summed E-state index contributed by atoms with van der Waals surface area (Å²) in [6.07, 6.45) is 10.0. The number of sulfonamides is 1.